The number of carboxylic acids is 1. The van der Waals surface area contributed by atoms with E-state index in [4.69, 9.17) is 5.11 Å². The fraction of sp³-hybridized carbons (Fsp3) is 0.176. The van der Waals surface area contributed by atoms with Gasteiger partial charge in [-0.2, -0.15) is 5.10 Å². The van der Waals surface area contributed by atoms with Crippen molar-refractivity contribution in [2.75, 3.05) is 0 Å². The summed E-state index contributed by atoms with van der Waals surface area (Å²) in [5, 5.41) is 21.5. The number of amidine groups is 1. The lowest BCUT2D eigenvalue weighted by Gasteiger charge is -2.04. The molecule has 0 unspecified atom stereocenters. The van der Waals surface area contributed by atoms with Crippen molar-refractivity contribution >= 4 is 45.3 Å². The summed E-state index contributed by atoms with van der Waals surface area (Å²) in [7, 11) is 0. The first-order valence-electron chi connectivity index (χ1n) is 7.34. The van der Waals surface area contributed by atoms with Crippen LogP contribution in [0.15, 0.2) is 52.7 Å². The minimum atomic E-state index is -1.01. The number of nitrogens with one attached hydrogen (secondary N) is 1. The Morgan fingerprint density at radius 3 is 2.79 bits per heavy atom. The van der Waals surface area contributed by atoms with Gasteiger partial charge in [0.05, 0.1) is 12.1 Å². The van der Waals surface area contributed by atoms with Gasteiger partial charge in [-0.15, -0.1) is 5.10 Å². The summed E-state index contributed by atoms with van der Waals surface area (Å²) >= 11 is 1.09. The van der Waals surface area contributed by atoms with E-state index in [0.29, 0.717) is 5.17 Å². The van der Waals surface area contributed by atoms with Gasteiger partial charge in [0.25, 0.3) is 0 Å². The zero-order valence-electron chi connectivity index (χ0n) is 12.9. The van der Waals surface area contributed by atoms with Gasteiger partial charge in [-0.25, -0.2) is 0 Å². The van der Waals surface area contributed by atoms with Crippen molar-refractivity contribution < 1.29 is 14.7 Å². The maximum Gasteiger partial charge on any atom is 0.305 e. The van der Waals surface area contributed by atoms with E-state index in [1.54, 1.807) is 0 Å². The number of fused-ring (bicyclic) bond motifs is 1. The van der Waals surface area contributed by atoms with E-state index < -0.39 is 11.2 Å². The Labute approximate surface area is 142 Å². The number of carbonyl (C=O) groups is 2. The van der Waals surface area contributed by atoms with E-state index >= 15 is 0 Å². The summed E-state index contributed by atoms with van der Waals surface area (Å²) in [5.74, 6) is -1.36. The standard InChI is InChI=1S/C17H15N3O3S/c1-10(12-8-4-6-11-5-2-3-7-13(11)12)19-20-17-18-16(23)14(24-17)9-15(21)22/h2-8,14H,9H2,1H3,(H,21,22)(H,18,20,23)/t14-/m0/s1. The van der Waals surface area contributed by atoms with Crippen LogP contribution in [0.25, 0.3) is 10.8 Å². The van der Waals surface area contributed by atoms with Crippen molar-refractivity contribution in [3.05, 3.63) is 48.0 Å². The third kappa shape index (κ3) is 3.46. The maximum atomic E-state index is 11.7. The minimum Gasteiger partial charge on any atom is -0.481 e. The Balaban J connectivity index is 1.84. The zero-order valence-corrected chi connectivity index (χ0v) is 13.7. The molecule has 122 valence electrons. The second-order valence-corrected chi connectivity index (χ2v) is 6.50. The summed E-state index contributed by atoms with van der Waals surface area (Å²) in [6.07, 6.45) is -0.235. The van der Waals surface area contributed by atoms with Gasteiger partial charge in [-0.05, 0) is 17.7 Å². The van der Waals surface area contributed by atoms with Crippen LogP contribution in [0.2, 0.25) is 0 Å². The molecule has 6 nitrogen and oxygen atoms in total. The molecule has 1 amide bonds. The van der Waals surface area contributed by atoms with Crippen LogP contribution < -0.4 is 5.32 Å². The monoisotopic (exact) mass is 341 g/mol. The second-order valence-electron chi connectivity index (χ2n) is 5.31. The highest BCUT2D eigenvalue weighted by Gasteiger charge is 2.32. The molecule has 3 rings (SSSR count). The molecule has 0 spiro atoms. The summed E-state index contributed by atoms with van der Waals surface area (Å²) < 4.78 is 0. The number of hydrogen-bond donors (Lipinski definition) is 2. The van der Waals surface area contributed by atoms with Crippen molar-refractivity contribution in [1.82, 2.24) is 5.32 Å². The predicted octanol–water partition coefficient (Wildman–Crippen LogP) is 2.63. The first-order chi connectivity index (χ1) is 11.5. The quantitative estimate of drug-likeness (QED) is 0.660. The van der Waals surface area contributed by atoms with E-state index in [-0.39, 0.29) is 12.3 Å². The largest absolute Gasteiger partial charge is 0.481 e. The van der Waals surface area contributed by atoms with Gasteiger partial charge in [0.1, 0.15) is 5.25 Å². The lowest BCUT2D eigenvalue weighted by Crippen LogP contribution is -2.26. The van der Waals surface area contributed by atoms with Crippen LogP contribution >= 0.6 is 11.8 Å². The number of hydrogen-bond acceptors (Lipinski definition) is 5. The Morgan fingerprint density at radius 2 is 2.00 bits per heavy atom. The second kappa shape index (κ2) is 6.84. The smallest absolute Gasteiger partial charge is 0.305 e. The summed E-state index contributed by atoms with van der Waals surface area (Å²) in [5.41, 5.74) is 1.68. The molecule has 0 aromatic heterocycles. The van der Waals surface area contributed by atoms with Crippen LogP contribution in [-0.2, 0) is 9.59 Å². The van der Waals surface area contributed by atoms with Crippen LogP contribution in [0.4, 0.5) is 0 Å². The van der Waals surface area contributed by atoms with Crippen molar-refractivity contribution in [1.29, 1.82) is 0 Å². The number of rotatable bonds is 4. The number of nitrogens with zero attached hydrogens (tertiary/aromatic N) is 2. The van der Waals surface area contributed by atoms with Crippen LogP contribution in [0, 0.1) is 0 Å². The number of carbonyl (C=O) groups excluding carboxylic acids is 1. The number of carboxylic acid groups (broad SMARTS) is 1. The molecule has 0 aliphatic carbocycles. The van der Waals surface area contributed by atoms with Crippen molar-refractivity contribution in [3.63, 3.8) is 0 Å². The topological polar surface area (TPSA) is 91.1 Å². The molecule has 24 heavy (non-hydrogen) atoms. The Kier molecular flexibility index (Phi) is 4.61. The van der Waals surface area contributed by atoms with Crippen LogP contribution in [-0.4, -0.2) is 33.1 Å². The molecule has 7 heteroatoms. The molecule has 1 aliphatic heterocycles. The van der Waals surface area contributed by atoms with Gasteiger partial charge >= 0.3 is 5.97 Å². The van der Waals surface area contributed by atoms with Crippen molar-refractivity contribution in [2.24, 2.45) is 10.2 Å². The molecule has 0 radical (unpaired) electrons. The molecule has 0 bridgehead atoms. The molecular weight excluding hydrogens is 326 g/mol. The average Bonchev–Trinajstić information content (AvgIpc) is 2.91. The SMILES string of the molecule is CC(=NN=C1NC(=O)[C@H](CC(=O)O)S1)c1cccc2ccccc12. The third-order valence-electron chi connectivity index (χ3n) is 3.61. The van der Waals surface area contributed by atoms with Crippen molar-refractivity contribution in [3.8, 4) is 0 Å². The van der Waals surface area contributed by atoms with E-state index in [2.05, 4.69) is 15.5 Å². The summed E-state index contributed by atoms with van der Waals surface area (Å²) in [6, 6.07) is 13.9. The van der Waals surface area contributed by atoms with Gasteiger partial charge in [0.2, 0.25) is 5.91 Å². The lowest BCUT2D eigenvalue weighted by atomic mass is 10.0. The molecular formula is C17H15N3O3S. The number of amides is 1. The fourth-order valence-corrected chi connectivity index (χ4v) is 3.37. The number of thioether (sulfide) groups is 1. The average molecular weight is 341 g/mol. The first-order valence-corrected chi connectivity index (χ1v) is 8.22. The molecule has 0 saturated carbocycles. The molecule has 1 aliphatic rings. The van der Waals surface area contributed by atoms with Crippen molar-refractivity contribution in [2.45, 2.75) is 18.6 Å². The van der Waals surface area contributed by atoms with Gasteiger partial charge in [-0.1, -0.05) is 54.2 Å². The Bertz CT molecular complexity index is 871. The van der Waals surface area contributed by atoms with Gasteiger partial charge < -0.3 is 10.4 Å². The summed E-state index contributed by atoms with van der Waals surface area (Å²) in [6.45, 7) is 1.85. The molecule has 1 heterocycles. The van der Waals surface area contributed by atoms with Gasteiger partial charge in [0.15, 0.2) is 5.17 Å². The van der Waals surface area contributed by atoms with Crippen LogP contribution in [0.3, 0.4) is 0 Å². The van der Waals surface area contributed by atoms with Crippen LogP contribution in [0.1, 0.15) is 18.9 Å². The first kappa shape index (κ1) is 16.2. The Hall–Kier alpha value is -2.67. The minimum absolute atomic E-state index is 0.235. The highest BCUT2D eigenvalue weighted by Crippen LogP contribution is 2.23. The zero-order chi connectivity index (χ0) is 17.1. The number of benzene rings is 2. The van der Waals surface area contributed by atoms with E-state index in [0.717, 1.165) is 33.8 Å². The van der Waals surface area contributed by atoms with Crippen LogP contribution in [0.5, 0.6) is 0 Å². The fourth-order valence-electron chi connectivity index (χ4n) is 2.46. The molecule has 2 aromatic rings. The van der Waals surface area contributed by atoms with Gasteiger partial charge in [-0.3, -0.25) is 9.59 Å². The number of aliphatic carboxylic acids is 1. The van der Waals surface area contributed by atoms with Gasteiger partial charge in [0, 0.05) is 5.56 Å². The molecule has 1 atom stereocenters. The normalized spacial score (nSPS) is 19.7. The molecule has 1 saturated heterocycles. The van der Waals surface area contributed by atoms with E-state index in [9.17, 15) is 9.59 Å². The molecule has 1 fully saturated rings. The highest BCUT2D eigenvalue weighted by molar-refractivity contribution is 8.15. The Morgan fingerprint density at radius 1 is 1.25 bits per heavy atom. The lowest BCUT2D eigenvalue weighted by molar-refractivity contribution is -0.138. The molecule has 2 N–H and O–H groups in total. The third-order valence-corrected chi connectivity index (χ3v) is 4.68. The summed E-state index contributed by atoms with van der Waals surface area (Å²) in [4.78, 5) is 22.4. The highest BCUT2D eigenvalue weighted by atomic mass is 32.2. The maximum absolute atomic E-state index is 11.7. The predicted molar refractivity (Wildman–Crippen MR) is 95.4 cm³/mol. The molecule has 2 aromatic carbocycles. The van der Waals surface area contributed by atoms with E-state index in [1.165, 1.54) is 0 Å². The van der Waals surface area contributed by atoms with E-state index in [1.807, 2.05) is 49.4 Å².